The second-order valence-electron chi connectivity index (χ2n) is 4.03. The van der Waals surface area contributed by atoms with Gasteiger partial charge in [-0.2, -0.15) is 18.3 Å². The van der Waals surface area contributed by atoms with Crippen molar-refractivity contribution in [1.29, 1.82) is 0 Å². The van der Waals surface area contributed by atoms with Gasteiger partial charge in [-0.3, -0.25) is 0 Å². The van der Waals surface area contributed by atoms with Gasteiger partial charge in [-0.05, 0) is 23.8 Å². The van der Waals surface area contributed by atoms with Gasteiger partial charge in [-0.15, -0.1) is 0 Å². The number of urea groups is 1. The maximum atomic E-state index is 12.4. The zero-order chi connectivity index (χ0) is 14.8. The van der Waals surface area contributed by atoms with E-state index in [-0.39, 0.29) is 6.54 Å². The minimum atomic E-state index is -4.46. The molecule has 0 aliphatic carbocycles. The number of nitrogens with two attached hydrogens (primary N) is 1. The van der Waals surface area contributed by atoms with Crippen molar-refractivity contribution in [2.75, 3.05) is 0 Å². The first-order valence-corrected chi connectivity index (χ1v) is 5.62. The summed E-state index contributed by atoms with van der Waals surface area (Å²) >= 11 is 0. The molecule has 20 heavy (non-hydrogen) atoms. The van der Waals surface area contributed by atoms with Gasteiger partial charge in [0.2, 0.25) is 0 Å². The van der Waals surface area contributed by atoms with E-state index in [1.54, 1.807) is 24.3 Å². The second kappa shape index (κ2) is 5.24. The number of carbonyl (C=O) groups is 1. The number of aromatic nitrogens is 2. The highest BCUT2D eigenvalue weighted by atomic mass is 19.4. The van der Waals surface area contributed by atoms with Crippen molar-refractivity contribution in [2.24, 2.45) is 5.73 Å². The lowest BCUT2D eigenvalue weighted by Gasteiger charge is -2.05. The van der Waals surface area contributed by atoms with Crippen LogP contribution < -0.4 is 11.1 Å². The van der Waals surface area contributed by atoms with Crippen molar-refractivity contribution in [3.8, 4) is 5.69 Å². The number of amides is 2. The Morgan fingerprint density at radius 3 is 2.40 bits per heavy atom. The molecule has 0 saturated carbocycles. The first-order chi connectivity index (χ1) is 9.36. The van der Waals surface area contributed by atoms with E-state index in [4.69, 9.17) is 5.73 Å². The summed E-state index contributed by atoms with van der Waals surface area (Å²) in [7, 11) is 0. The lowest BCUT2D eigenvalue weighted by Crippen LogP contribution is -2.28. The van der Waals surface area contributed by atoms with Crippen LogP contribution >= 0.6 is 0 Å². The SMILES string of the molecule is NC(=O)NCc1ccc(-n2ccc(C(F)(F)F)n2)cc1. The van der Waals surface area contributed by atoms with Crippen LogP contribution in [0.2, 0.25) is 0 Å². The molecule has 0 spiro atoms. The third-order valence-corrected chi connectivity index (χ3v) is 2.55. The van der Waals surface area contributed by atoms with Gasteiger partial charge in [-0.1, -0.05) is 12.1 Å². The van der Waals surface area contributed by atoms with E-state index in [1.807, 2.05) is 0 Å². The van der Waals surface area contributed by atoms with Crippen molar-refractivity contribution in [1.82, 2.24) is 15.1 Å². The van der Waals surface area contributed by atoms with Crippen molar-refractivity contribution < 1.29 is 18.0 Å². The van der Waals surface area contributed by atoms with Crippen LogP contribution in [0.1, 0.15) is 11.3 Å². The van der Waals surface area contributed by atoms with Gasteiger partial charge in [0.05, 0.1) is 5.69 Å². The van der Waals surface area contributed by atoms with E-state index in [0.29, 0.717) is 5.69 Å². The third-order valence-electron chi connectivity index (χ3n) is 2.55. The number of hydrogen-bond donors (Lipinski definition) is 2. The molecule has 0 unspecified atom stereocenters. The van der Waals surface area contributed by atoms with Crippen LogP contribution in [0, 0.1) is 0 Å². The van der Waals surface area contributed by atoms with Gasteiger partial charge >= 0.3 is 12.2 Å². The molecule has 0 bridgehead atoms. The number of hydrogen-bond acceptors (Lipinski definition) is 2. The molecule has 1 aromatic carbocycles. The number of carbonyl (C=O) groups excluding carboxylic acids is 1. The number of benzene rings is 1. The molecule has 1 aromatic heterocycles. The number of nitrogens with zero attached hydrogens (tertiary/aromatic N) is 2. The van der Waals surface area contributed by atoms with Crippen LogP contribution in [-0.2, 0) is 12.7 Å². The summed E-state index contributed by atoms with van der Waals surface area (Å²) in [4.78, 5) is 10.5. The highest BCUT2D eigenvalue weighted by Gasteiger charge is 2.33. The smallest absolute Gasteiger partial charge is 0.352 e. The van der Waals surface area contributed by atoms with Gasteiger partial charge in [-0.25, -0.2) is 9.48 Å². The average molecular weight is 284 g/mol. The van der Waals surface area contributed by atoms with E-state index in [2.05, 4.69) is 10.4 Å². The van der Waals surface area contributed by atoms with Crippen molar-refractivity contribution >= 4 is 6.03 Å². The molecular weight excluding hydrogens is 273 g/mol. The molecular formula is C12H11F3N4O. The molecule has 0 saturated heterocycles. The molecule has 3 N–H and O–H groups in total. The van der Waals surface area contributed by atoms with Gasteiger partial charge in [0.1, 0.15) is 0 Å². The first-order valence-electron chi connectivity index (χ1n) is 5.62. The predicted octanol–water partition coefficient (Wildman–Crippen LogP) is 2.06. The molecule has 0 aliphatic heterocycles. The second-order valence-corrected chi connectivity index (χ2v) is 4.03. The molecule has 0 aliphatic rings. The fraction of sp³-hybridized carbons (Fsp3) is 0.167. The fourth-order valence-corrected chi connectivity index (χ4v) is 1.57. The predicted molar refractivity (Wildman–Crippen MR) is 65.0 cm³/mol. The molecule has 0 atom stereocenters. The Kier molecular flexibility index (Phi) is 3.64. The zero-order valence-corrected chi connectivity index (χ0v) is 10.2. The molecule has 5 nitrogen and oxygen atoms in total. The average Bonchev–Trinajstić information content (AvgIpc) is 2.86. The highest BCUT2D eigenvalue weighted by Crippen LogP contribution is 2.27. The summed E-state index contributed by atoms with van der Waals surface area (Å²) in [5.41, 5.74) is 5.25. The van der Waals surface area contributed by atoms with E-state index in [0.717, 1.165) is 16.3 Å². The highest BCUT2D eigenvalue weighted by molar-refractivity contribution is 5.71. The maximum Gasteiger partial charge on any atom is 0.435 e. The normalized spacial score (nSPS) is 11.3. The summed E-state index contributed by atoms with van der Waals surface area (Å²) in [5.74, 6) is 0. The molecule has 1 heterocycles. The van der Waals surface area contributed by atoms with Crippen molar-refractivity contribution in [3.05, 3.63) is 47.8 Å². The summed E-state index contributed by atoms with van der Waals surface area (Å²) < 4.78 is 38.4. The summed E-state index contributed by atoms with van der Waals surface area (Å²) in [5, 5.41) is 5.87. The number of primary amides is 1. The minimum absolute atomic E-state index is 0.253. The molecule has 0 fully saturated rings. The monoisotopic (exact) mass is 284 g/mol. The lowest BCUT2D eigenvalue weighted by molar-refractivity contribution is -0.141. The zero-order valence-electron chi connectivity index (χ0n) is 10.2. The van der Waals surface area contributed by atoms with E-state index < -0.39 is 17.9 Å². The molecule has 2 amide bonds. The minimum Gasteiger partial charge on any atom is -0.352 e. The van der Waals surface area contributed by atoms with E-state index >= 15 is 0 Å². The largest absolute Gasteiger partial charge is 0.435 e. The molecule has 0 radical (unpaired) electrons. The Morgan fingerprint density at radius 1 is 1.25 bits per heavy atom. The number of alkyl halides is 3. The van der Waals surface area contributed by atoms with Crippen LogP contribution in [0.5, 0.6) is 0 Å². The summed E-state index contributed by atoms with van der Waals surface area (Å²) in [6.45, 7) is 0.253. The van der Waals surface area contributed by atoms with Gasteiger partial charge in [0.15, 0.2) is 5.69 Å². The van der Waals surface area contributed by atoms with E-state index in [9.17, 15) is 18.0 Å². The molecule has 8 heteroatoms. The first kappa shape index (κ1) is 13.9. The van der Waals surface area contributed by atoms with Crippen LogP contribution in [0.15, 0.2) is 36.5 Å². The molecule has 2 rings (SSSR count). The fourth-order valence-electron chi connectivity index (χ4n) is 1.57. The Hall–Kier alpha value is -2.51. The Morgan fingerprint density at radius 2 is 1.90 bits per heavy atom. The Bertz CT molecular complexity index is 604. The van der Waals surface area contributed by atoms with Gasteiger partial charge < -0.3 is 11.1 Å². The summed E-state index contributed by atoms with van der Waals surface area (Å²) in [6, 6.07) is 6.80. The van der Waals surface area contributed by atoms with E-state index in [1.165, 1.54) is 6.20 Å². The third kappa shape index (κ3) is 3.28. The van der Waals surface area contributed by atoms with Crippen molar-refractivity contribution in [3.63, 3.8) is 0 Å². The lowest BCUT2D eigenvalue weighted by atomic mass is 10.2. The topological polar surface area (TPSA) is 72.9 Å². The number of halogens is 3. The molecule has 106 valence electrons. The van der Waals surface area contributed by atoms with Gasteiger partial charge in [0, 0.05) is 12.7 Å². The van der Waals surface area contributed by atoms with Crippen molar-refractivity contribution in [2.45, 2.75) is 12.7 Å². The molecule has 2 aromatic rings. The standard InChI is InChI=1S/C12H11F3N4O/c13-12(14,15)10-5-6-19(18-10)9-3-1-8(2-4-9)7-17-11(16)20/h1-6H,7H2,(H3,16,17,20). The summed E-state index contributed by atoms with van der Waals surface area (Å²) in [6.07, 6.45) is -3.23. The number of nitrogens with one attached hydrogen (secondary N) is 1. The van der Waals surface area contributed by atoms with Gasteiger partial charge in [0.25, 0.3) is 0 Å². The van der Waals surface area contributed by atoms with Crippen LogP contribution in [-0.4, -0.2) is 15.8 Å². The Labute approximate surface area is 112 Å². The van der Waals surface area contributed by atoms with Crippen LogP contribution in [0.3, 0.4) is 0 Å². The van der Waals surface area contributed by atoms with Crippen LogP contribution in [0.25, 0.3) is 5.69 Å². The quantitative estimate of drug-likeness (QED) is 0.905. The number of rotatable bonds is 3. The van der Waals surface area contributed by atoms with Crippen LogP contribution in [0.4, 0.5) is 18.0 Å². The maximum absolute atomic E-state index is 12.4. The Balaban J connectivity index is 2.14.